The van der Waals surface area contributed by atoms with E-state index in [2.05, 4.69) is 25.8 Å². The summed E-state index contributed by atoms with van der Waals surface area (Å²) in [5.41, 5.74) is 12.7. The Kier molecular flexibility index (Phi) is 12.1. The Bertz CT molecular complexity index is 2430. The molecule has 0 aromatic heterocycles. The Labute approximate surface area is 335 Å². The average molecular weight is 746 g/mol. The Morgan fingerprint density at radius 2 is 0.922 bits per heavy atom. The Morgan fingerprint density at radius 3 is 1.27 bits per heavy atom. The van der Waals surface area contributed by atoms with Crippen LogP contribution in [0.4, 0.5) is 45.5 Å². The first-order chi connectivity index (χ1) is 23.2. The number of nitrogens with one attached hydrogen (secondary N) is 1. The second-order valence-electron chi connectivity index (χ2n) is 10.7. The van der Waals surface area contributed by atoms with Crippen molar-refractivity contribution in [1.29, 1.82) is 0 Å². The van der Waals surface area contributed by atoms with Crippen molar-refractivity contribution in [3.63, 3.8) is 0 Å². The van der Waals surface area contributed by atoms with E-state index in [0.29, 0.717) is 22.7 Å². The summed E-state index contributed by atoms with van der Waals surface area (Å²) in [5, 5.41) is 41.5. The summed E-state index contributed by atoms with van der Waals surface area (Å²) in [5.74, 6) is -1.10. The monoisotopic (exact) mass is 745 g/mol. The number of hydrogen-bond donors (Lipinski definition) is 7. The molecule has 0 spiro atoms. The van der Waals surface area contributed by atoms with Gasteiger partial charge in [-0.25, -0.2) is 0 Å². The first-order valence-corrected chi connectivity index (χ1v) is 16.9. The molecule has 0 aliphatic rings. The molecule has 0 saturated carbocycles. The minimum atomic E-state index is -4.87. The average Bonchev–Trinajstić information content (AvgIpc) is 3.03. The molecule has 0 atom stereocenters. The molecule has 6 rings (SSSR count). The third-order valence-corrected chi connectivity index (χ3v) is 8.95. The van der Waals surface area contributed by atoms with Crippen LogP contribution in [0, 0.1) is 0 Å². The minimum Gasteiger partial charge on any atom is -0.505 e. The molecular formula is C32H25N7Na2O8S2. The zero-order valence-corrected chi connectivity index (χ0v) is 32.6. The second-order valence-corrected chi connectivity index (χ2v) is 13.5. The van der Waals surface area contributed by atoms with Crippen LogP contribution in [0.2, 0.25) is 0 Å². The van der Waals surface area contributed by atoms with Gasteiger partial charge in [0.25, 0.3) is 20.2 Å². The molecule has 0 unspecified atom stereocenters. The molecule has 0 bridgehead atoms. The van der Waals surface area contributed by atoms with E-state index in [-0.39, 0.29) is 92.0 Å². The Morgan fingerprint density at radius 1 is 0.529 bits per heavy atom. The van der Waals surface area contributed by atoms with Crippen LogP contribution in [-0.2, 0) is 20.2 Å². The molecule has 51 heavy (non-hydrogen) atoms. The van der Waals surface area contributed by atoms with Crippen molar-refractivity contribution in [2.75, 3.05) is 16.8 Å². The maximum atomic E-state index is 12.3. The number of fused-ring (bicyclic) bond motifs is 2. The van der Waals surface area contributed by atoms with Crippen LogP contribution in [-0.4, -0.2) is 95.3 Å². The van der Waals surface area contributed by atoms with Gasteiger partial charge in [-0.15, -0.1) is 10.2 Å². The van der Waals surface area contributed by atoms with Gasteiger partial charge in [0, 0.05) is 92.6 Å². The van der Waals surface area contributed by atoms with Crippen molar-refractivity contribution in [3.8, 4) is 11.5 Å². The van der Waals surface area contributed by atoms with Crippen LogP contribution in [0.25, 0.3) is 21.5 Å². The molecule has 0 aliphatic carbocycles. The van der Waals surface area contributed by atoms with Gasteiger partial charge in [-0.1, -0.05) is 12.1 Å². The predicted molar refractivity (Wildman–Crippen MR) is 196 cm³/mol. The number of nitrogens with zero attached hydrogens (tertiary/aromatic N) is 4. The molecular weight excluding hydrogens is 721 g/mol. The third kappa shape index (κ3) is 8.85. The van der Waals surface area contributed by atoms with Crippen LogP contribution in [0.3, 0.4) is 0 Å². The maximum Gasteiger partial charge on any atom is 0.296 e. The molecule has 0 fully saturated rings. The van der Waals surface area contributed by atoms with Crippen molar-refractivity contribution in [3.05, 3.63) is 97.1 Å². The molecule has 0 heterocycles. The van der Waals surface area contributed by atoms with E-state index in [0.717, 1.165) is 12.1 Å². The quantitative estimate of drug-likeness (QED) is 0.0365. The van der Waals surface area contributed by atoms with E-state index in [9.17, 15) is 36.2 Å². The van der Waals surface area contributed by atoms with Gasteiger partial charge >= 0.3 is 0 Å². The molecule has 2 radical (unpaired) electrons. The van der Waals surface area contributed by atoms with E-state index in [1.54, 1.807) is 48.5 Å². The van der Waals surface area contributed by atoms with Crippen molar-refractivity contribution in [2.24, 2.45) is 20.5 Å². The van der Waals surface area contributed by atoms with E-state index < -0.39 is 52.9 Å². The van der Waals surface area contributed by atoms with Crippen LogP contribution in [0.1, 0.15) is 0 Å². The normalized spacial score (nSPS) is 11.9. The Hall–Kier alpha value is -4.14. The summed E-state index contributed by atoms with van der Waals surface area (Å²) >= 11 is 0. The van der Waals surface area contributed by atoms with Gasteiger partial charge in [-0.2, -0.15) is 27.1 Å². The van der Waals surface area contributed by atoms with Gasteiger partial charge in [0.2, 0.25) is 0 Å². The van der Waals surface area contributed by atoms with Crippen molar-refractivity contribution in [2.45, 2.75) is 9.79 Å². The number of aromatic hydroxyl groups is 2. The van der Waals surface area contributed by atoms with Gasteiger partial charge in [-0.05, 0) is 95.7 Å². The van der Waals surface area contributed by atoms with E-state index in [4.69, 9.17) is 11.5 Å². The second kappa shape index (κ2) is 15.6. The third-order valence-electron chi connectivity index (χ3n) is 7.22. The zero-order chi connectivity index (χ0) is 35.1. The van der Waals surface area contributed by atoms with E-state index in [1.165, 1.54) is 36.4 Å². The standard InChI is InChI=1S/C32H25N7O8S2.2Na/c33-19-3-1-5-23(15-19)36-38-29-27(48(42,43)44)13-17-11-21(7-9-25(17)31(29)40)35-22-8-10-26-18(12-22)14-28(49(45,46)47)30(32(26)41)39-37-24-6-2-4-20(34)16-24;;/h1-16,35,40-41H,33-34H2,(H,42,43,44)(H,45,46,47);;. The summed E-state index contributed by atoms with van der Waals surface area (Å²) in [6.45, 7) is 0. The molecule has 0 amide bonds. The van der Waals surface area contributed by atoms with Crippen LogP contribution in [0.5, 0.6) is 11.5 Å². The fourth-order valence-corrected chi connectivity index (χ4v) is 6.32. The largest absolute Gasteiger partial charge is 0.505 e. The number of anilines is 4. The first-order valence-electron chi connectivity index (χ1n) is 14.0. The molecule has 9 N–H and O–H groups in total. The van der Waals surface area contributed by atoms with Crippen molar-refractivity contribution in [1.82, 2.24) is 0 Å². The Balaban J connectivity index is 0.00000292. The number of nitrogen functional groups attached to an aromatic ring is 2. The van der Waals surface area contributed by atoms with Gasteiger partial charge in [0.15, 0.2) is 11.5 Å². The fraction of sp³-hybridized carbons (Fsp3) is 0. The molecule has 6 aromatic rings. The van der Waals surface area contributed by atoms with E-state index in [1.807, 2.05) is 0 Å². The number of hydrogen-bond acceptors (Lipinski definition) is 13. The summed E-state index contributed by atoms with van der Waals surface area (Å²) in [4.78, 5) is -1.38. The minimum absolute atomic E-state index is 0. The molecule has 250 valence electrons. The van der Waals surface area contributed by atoms with Crippen molar-refractivity contribution >= 4 is 146 Å². The predicted octanol–water partition coefficient (Wildman–Crippen LogP) is 6.87. The topological polar surface area (TPSA) is 263 Å². The van der Waals surface area contributed by atoms with Gasteiger partial charge in [-0.3, -0.25) is 9.11 Å². The smallest absolute Gasteiger partial charge is 0.296 e. The summed E-state index contributed by atoms with van der Waals surface area (Å²) in [6.07, 6.45) is 0. The maximum absolute atomic E-state index is 12.3. The molecule has 15 nitrogen and oxygen atoms in total. The summed E-state index contributed by atoms with van der Waals surface area (Å²) in [7, 11) is -9.75. The number of phenolic OH excluding ortho intramolecular Hbond substituents is 2. The van der Waals surface area contributed by atoms with Crippen LogP contribution < -0.4 is 16.8 Å². The molecule has 0 saturated heterocycles. The zero-order valence-electron chi connectivity index (χ0n) is 26.9. The van der Waals surface area contributed by atoms with Crippen LogP contribution in [0.15, 0.2) is 127 Å². The molecule has 0 aliphatic heterocycles. The van der Waals surface area contributed by atoms with Gasteiger partial charge in [0.1, 0.15) is 21.2 Å². The van der Waals surface area contributed by atoms with Crippen molar-refractivity contribution < 1.29 is 36.2 Å². The van der Waals surface area contributed by atoms with Gasteiger partial charge < -0.3 is 27.0 Å². The fourth-order valence-electron chi connectivity index (χ4n) is 5.00. The number of benzene rings is 6. The van der Waals surface area contributed by atoms with Gasteiger partial charge in [0.05, 0.1) is 11.4 Å². The molecule has 6 aromatic carbocycles. The number of nitrogens with two attached hydrogens (primary N) is 2. The summed E-state index contributed by atoms with van der Waals surface area (Å²) < 4.78 is 69.1. The SMILES string of the molecule is Nc1cccc(N=Nc2c(S(=O)(=O)O)cc3cc(Nc4ccc5c(O)c(N=Nc6cccc(N)c6)c(S(=O)(=O)O)cc5c4)ccc3c2O)c1.[Na].[Na]. The number of phenols is 2. The first kappa shape index (κ1) is 39.6. The molecule has 19 heteroatoms. The number of azo groups is 2. The van der Waals surface area contributed by atoms with Crippen LogP contribution >= 0.6 is 0 Å². The summed E-state index contributed by atoms with van der Waals surface area (Å²) in [6, 6.07) is 23.9. The van der Waals surface area contributed by atoms with E-state index >= 15 is 0 Å². The number of rotatable bonds is 8.